The number of ether oxygens (including phenoxy) is 13. The smallest absolute Gasteiger partial charge is 0.326 e. The van der Waals surface area contributed by atoms with Crippen LogP contribution in [0.15, 0.2) is 36.4 Å². The molecule has 0 spiro atoms. The maximum absolute atomic E-state index is 14.1. The Morgan fingerprint density at radius 1 is 0.472 bits per heavy atom. The van der Waals surface area contributed by atoms with E-state index in [0.29, 0.717) is 119 Å². The number of anilines is 1. The van der Waals surface area contributed by atoms with E-state index in [-0.39, 0.29) is 94.7 Å². The summed E-state index contributed by atoms with van der Waals surface area (Å²) in [6.07, 6.45) is 0.304. The Morgan fingerprint density at radius 3 is 1.30 bits per heavy atom. The lowest BCUT2D eigenvalue weighted by atomic mass is 10.0. The first kappa shape index (κ1) is 76.1. The number of imide groups is 1. The molecule has 0 fully saturated rings. The van der Waals surface area contributed by atoms with Crippen LogP contribution in [0.3, 0.4) is 0 Å². The normalized spacial score (nSPS) is 12.3. The first-order valence-electron chi connectivity index (χ1n) is 28.2. The average molecular weight is 1280 g/mol. The van der Waals surface area contributed by atoms with Gasteiger partial charge in [0, 0.05) is 43.2 Å². The van der Waals surface area contributed by atoms with E-state index in [2.05, 4.69) is 26.0 Å². The molecular weight excluding hydrogens is 1200 g/mol. The summed E-state index contributed by atoms with van der Waals surface area (Å²) in [6.45, 7) is 7.01. The predicted molar refractivity (Wildman–Crippen MR) is 298 cm³/mol. The maximum Gasteiger partial charge on any atom is 0.326 e. The SMILES string of the molecule is O=C(O)CCC(NC(=O)CCOCCOCCOCCOCCOCCOCCOCCOCCOCCOCCOCCOCCNC(=O)CNC(=O)CNC(=O)c1cc(N2C(=O)C=CC2=O)ccc1CCC(=O)Oc1c(F)c(F)cc(F)c1F)C(=O)O. The number of rotatable bonds is 54. The van der Waals surface area contributed by atoms with Crippen molar-refractivity contribution < 1.29 is 133 Å². The lowest BCUT2D eigenvalue weighted by Gasteiger charge is -2.17. The molecule has 0 saturated carbocycles. The molecule has 1 aliphatic rings. The molecule has 0 aliphatic carbocycles. The summed E-state index contributed by atoms with van der Waals surface area (Å²) in [5, 5.41) is 27.2. The third kappa shape index (κ3) is 34.4. The van der Waals surface area contributed by atoms with Gasteiger partial charge in [0.15, 0.2) is 11.6 Å². The van der Waals surface area contributed by atoms with E-state index < -0.39 is 108 Å². The van der Waals surface area contributed by atoms with E-state index in [1.165, 1.54) is 12.1 Å². The van der Waals surface area contributed by atoms with Crippen LogP contribution in [0.1, 0.15) is 41.6 Å². The molecule has 33 heteroatoms. The number of hydrogen-bond donors (Lipinski definition) is 6. The van der Waals surface area contributed by atoms with Crippen molar-refractivity contribution >= 4 is 59.0 Å². The summed E-state index contributed by atoms with van der Waals surface area (Å²) >= 11 is 0. The molecule has 0 bridgehead atoms. The fourth-order valence-electron chi connectivity index (χ4n) is 7.13. The molecule has 3 rings (SSSR count). The van der Waals surface area contributed by atoms with Crippen molar-refractivity contribution in [2.45, 2.75) is 38.1 Å². The zero-order chi connectivity index (χ0) is 64.9. The number of carbonyl (C=O) groups excluding carboxylic acids is 7. The molecule has 1 heterocycles. The minimum Gasteiger partial charge on any atom is -0.481 e. The fraction of sp³-hybridized carbons (Fsp3) is 0.589. The third-order valence-electron chi connectivity index (χ3n) is 11.6. The van der Waals surface area contributed by atoms with Crippen molar-refractivity contribution in [3.63, 3.8) is 0 Å². The van der Waals surface area contributed by atoms with Crippen molar-refractivity contribution in [3.8, 4) is 5.75 Å². The number of nitrogens with one attached hydrogen (secondary N) is 4. The van der Waals surface area contributed by atoms with E-state index in [4.69, 9.17) is 67.1 Å². The topological polar surface area (TPSA) is 365 Å². The van der Waals surface area contributed by atoms with Crippen LogP contribution >= 0.6 is 0 Å². The number of carbonyl (C=O) groups is 9. The van der Waals surface area contributed by atoms with Gasteiger partial charge in [0.1, 0.15) is 6.04 Å². The molecule has 0 saturated heterocycles. The van der Waals surface area contributed by atoms with Gasteiger partial charge >= 0.3 is 17.9 Å². The fourth-order valence-corrected chi connectivity index (χ4v) is 7.13. The zero-order valence-electron chi connectivity index (χ0n) is 49.0. The molecule has 89 heavy (non-hydrogen) atoms. The largest absolute Gasteiger partial charge is 0.481 e. The molecule has 1 atom stereocenters. The molecule has 1 aliphatic heterocycles. The van der Waals surface area contributed by atoms with Gasteiger partial charge in [0.25, 0.3) is 17.7 Å². The van der Waals surface area contributed by atoms with Gasteiger partial charge < -0.3 is 93.1 Å². The van der Waals surface area contributed by atoms with Gasteiger partial charge in [-0.05, 0) is 30.5 Å². The number of carboxylic acid groups (broad SMARTS) is 2. The predicted octanol–water partition coefficient (Wildman–Crippen LogP) is 0.196. The van der Waals surface area contributed by atoms with Crippen LogP contribution in [-0.2, 0) is 102 Å². The van der Waals surface area contributed by atoms with Crippen molar-refractivity contribution in [2.75, 3.05) is 183 Å². The van der Waals surface area contributed by atoms with Crippen molar-refractivity contribution in [1.82, 2.24) is 21.3 Å². The minimum atomic E-state index is -1.94. The van der Waals surface area contributed by atoms with E-state index in [0.717, 1.165) is 23.1 Å². The number of halogens is 4. The van der Waals surface area contributed by atoms with E-state index >= 15 is 0 Å². The number of aryl methyl sites for hydroxylation is 1. The van der Waals surface area contributed by atoms with Crippen LogP contribution in [0.5, 0.6) is 5.75 Å². The summed E-state index contributed by atoms with van der Waals surface area (Å²) in [7, 11) is 0. The van der Waals surface area contributed by atoms with Crippen LogP contribution < -0.4 is 30.9 Å². The number of aliphatic carboxylic acids is 2. The van der Waals surface area contributed by atoms with Gasteiger partial charge in [-0.15, -0.1) is 0 Å². The molecule has 0 aromatic heterocycles. The highest BCUT2D eigenvalue weighted by atomic mass is 19.2. The summed E-state index contributed by atoms with van der Waals surface area (Å²) in [5.74, 6) is -17.1. The highest BCUT2D eigenvalue weighted by Crippen LogP contribution is 2.28. The Labute approximate surface area is 509 Å². The van der Waals surface area contributed by atoms with Crippen LogP contribution in [0.2, 0.25) is 0 Å². The highest BCUT2D eigenvalue weighted by molar-refractivity contribution is 6.28. The first-order valence-corrected chi connectivity index (χ1v) is 28.2. The number of nitrogens with zero attached hydrogens (tertiary/aromatic N) is 1. The number of esters is 1. The molecule has 6 amide bonds. The Morgan fingerprint density at radius 2 is 0.876 bits per heavy atom. The molecule has 29 nitrogen and oxygen atoms in total. The molecule has 1 unspecified atom stereocenters. The summed E-state index contributed by atoms with van der Waals surface area (Å²) < 4.78 is 125. The van der Waals surface area contributed by atoms with Crippen LogP contribution in [0.25, 0.3) is 0 Å². The third-order valence-corrected chi connectivity index (χ3v) is 11.6. The number of benzene rings is 2. The Balaban J connectivity index is 1.04. The van der Waals surface area contributed by atoms with Gasteiger partial charge in [-0.1, -0.05) is 6.07 Å². The van der Waals surface area contributed by atoms with Gasteiger partial charge in [0.05, 0.1) is 184 Å². The zero-order valence-corrected chi connectivity index (χ0v) is 49.0. The van der Waals surface area contributed by atoms with Crippen LogP contribution in [0.4, 0.5) is 23.2 Å². The summed E-state index contributed by atoms with van der Waals surface area (Å²) in [6, 6.07) is 2.33. The standard InChI is InChI=1S/C56H77F4N5O24/c57-42-36-43(58)53(60)54(52(42)59)89-51(73)8-2-39-1-3-40(65-48(69)5-6-49(65)70)35-41(39)55(74)63-38-47(68)62-37-46(67)61-10-12-78-14-16-80-18-20-82-22-24-84-26-28-86-30-32-88-34-33-87-31-29-85-27-25-83-23-21-81-19-17-79-15-13-77-11-9-45(66)64-44(56(75)76)4-7-50(71)72/h1,3,5-6,35-36,44H,2,4,7-34,37-38H2,(H,61,67)(H,62,68)(H,63,74)(H,64,66)(H,71,72)(H,75,76). The summed E-state index contributed by atoms with van der Waals surface area (Å²) in [5.41, 5.74) is -0.202. The Hall–Kier alpha value is -7.15. The lowest BCUT2D eigenvalue weighted by Crippen LogP contribution is -2.42. The molecule has 6 N–H and O–H groups in total. The van der Waals surface area contributed by atoms with Gasteiger partial charge in [0.2, 0.25) is 35.1 Å². The molecular formula is C56H77F4N5O24. The van der Waals surface area contributed by atoms with Crippen LogP contribution in [0, 0.1) is 23.3 Å². The van der Waals surface area contributed by atoms with E-state index in [1.807, 2.05) is 0 Å². The summed E-state index contributed by atoms with van der Waals surface area (Å²) in [4.78, 5) is 110. The quantitative estimate of drug-likeness (QED) is 0.0129. The highest BCUT2D eigenvalue weighted by Gasteiger charge is 2.28. The second-order valence-electron chi connectivity index (χ2n) is 18.3. The molecule has 2 aromatic rings. The maximum atomic E-state index is 14.1. The van der Waals surface area contributed by atoms with Gasteiger partial charge in [-0.25, -0.2) is 18.5 Å². The first-order chi connectivity index (χ1) is 43.0. The number of amides is 6. The van der Waals surface area contributed by atoms with E-state index in [9.17, 15) is 60.7 Å². The molecule has 498 valence electrons. The van der Waals surface area contributed by atoms with E-state index in [1.54, 1.807) is 0 Å². The minimum absolute atomic E-state index is 0.0484. The molecule has 2 aromatic carbocycles. The lowest BCUT2D eigenvalue weighted by molar-refractivity contribution is -0.143. The van der Waals surface area contributed by atoms with Gasteiger partial charge in [-0.3, -0.25) is 38.4 Å². The van der Waals surface area contributed by atoms with Crippen molar-refractivity contribution in [1.29, 1.82) is 0 Å². The second kappa shape index (κ2) is 46.9. The number of hydrogen-bond acceptors (Lipinski definition) is 22. The Kier molecular flexibility index (Phi) is 40.1. The molecule has 0 radical (unpaired) electrons. The Bertz CT molecular complexity index is 2510. The monoisotopic (exact) mass is 1280 g/mol. The number of carboxylic acids is 2. The second-order valence-corrected chi connectivity index (χ2v) is 18.3. The van der Waals surface area contributed by atoms with Crippen LogP contribution in [-0.4, -0.2) is 248 Å². The average Bonchev–Trinajstić information content (AvgIpc) is 2.18. The van der Waals surface area contributed by atoms with Gasteiger partial charge in [-0.2, -0.15) is 8.78 Å². The van der Waals surface area contributed by atoms with Crippen molar-refractivity contribution in [2.24, 2.45) is 0 Å². The van der Waals surface area contributed by atoms with Crippen molar-refractivity contribution in [3.05, 3.63) is 70.8 Å².